The molecule has 1 saturated heterocycles. The molecule has 6 rings (SSSR count). The topological polar surface area (TPSA) is 84.2 Å². The van der Waals surface area contributed by atoms with Gasteiger partial charge in [-0.3, -0.25) is 9.78 Å². The first kappa shape index (κ1) is 26.1. The standard InChI is InChI=1S/C30H28ClFN6O2/c1-5-24(39)36-12-13-37(23-15-22(23)36)28-19-14-20(31)26(18-8-6-7-9-21(18)32)34-29(19)38(30(40)35-28)27-17(4)10-11-33-25(27)16(2)3/h5-11,14,16,22-23H,1,12-13,15H2,2-4H3/t22-,23+/m0/s1. The Bertz CT molecular complexity index is 1750. The fourth-order valence-electron chi connectivity index (χ4n) is 5.69. The van der Waals surface area contributed by atoms with Gasteiger partial charge in [0.2, 0.25) is 5.91 Å². The van der Waals surface area contributed by atoms with Crippen LogP contribution < -0.4 is 10.6 Å². The average molecular weight is 559 g/mol. The molecule has 1 aliphatic heterocycles. The van der Waals surface area contributed by atoms with E-state index in [-0.39, 0.29) is 40.2 Å². The van der Waals surface area contributed by atoms with Gasteiger partial charge in [-0.25, -0.2) is 18.7 Å². The second kappa shape index (κ2) is 9.82. The fourth-order valence-corrected chi connectivity index (χ4v) is 5.95. The Morgan fingerprint density at radius 3 is 2.67 bits per heavy atom. The molecule has 4 aromatic rings. The molecule has 1 aliphatic carbocycles. The third-order valence-electron chi connectivity index (χ3n) is 7.69. The highest BCUT2D eigenvalue weighted by Gasteiger charge is 2.51. The number of fused-ring (bicyclic) bond motifs is 2. The molecule has 0 unspecified atom stereocenters. The van der Waals surface area contributed by atoms with Gasteiger partial charge >= 0.3 is 5.69 Å². The molecule has 204 valence electrons. The number of carbonyl (C=O) groups excluding carboxylic acids is 1. The number of rotatable bonds is 5. The van der Waals surface area contributed by atoms with Crippen molar-refractivity contribution >= 4 is 34.4 Å². The van der Waals surface area contributed by atoms with Crippen LogP contribution in [-0.2, 0) is 4.79 Å². The minimum atomic E-state index is -0.517. The van der Waals surface area contributed by atoms with Crippen LogP contribution >= 0.6 is 11.6 Å². The van der Waals surface area contributed by atoms with Gasteiger partial charge in [0.05, 0.1) is 39.6 Å². The van der Waals surface area contributed by atoms with E-state index in [9.17, 15) is 14.0 Å². The summed E-state index contributed by atoms with van der Waals surface area (Å²) in [4.78, 5) is 44.2. The van der Waals surface area contributed by atoms with Crippen LogP contribution in [0.25, 0.3) is 28.0 Å². The number of anilines is 1. The second-order valence-corrected chi connectivity index (χ2v) is 10.9. The lowest BCUT2D eigenvalue weighted by Gasteiger charge is -2.35. The molecule has 0 radical (unpaired) electrons. The quantitative estimate of drug-likeness (QED) is 0.319. The maximum atomic E-state index is 14.9. The van der Waals surface area contributed by atoms with Crippen LogP contribution in [0.5, 0.6) is 0 Å². The number of benzene rings is 1. The van der Waals surface area contributed by atoms with E-state index in [0.29, 0.717) is 35.6 Å². The number of carbonyl (C=O) groups is 1. The molecule has 8 nitrogen and oxygen atoms in total. The molecule has 2 atom stereocenters. The Hall–Kier alpha value is -4.11. The summed E-state index contributed by atoms with van der Waals surface area (Å²) in [5.74, 6) is -0.106. The Labute approximate surface area is 235 Å². The Kier molecular flexibility index (Phi) is 6.41. The highest BCUT2D eigenvalue weighted by atomic mass is 35.5. The number of pyridine rings is 2. The maximum absolute atomic E-state index is 14.9. The van der Waals surface area contributed by atoms with E-state index in [4.69, 9.17) is 16.6 Å². The van der Waals surface area contributed by atoms with Gasteiger partial charge in [-0.2, -0.15) is 4.98 Å². The van der Waals surface area contributed by atoms with Gasteiger partial charge in [0.1, 0.15) is 11.6 Å². The van der Waals surface area contributed by atoms with Crippen molar-refractivity contribution < 1.29 is 9.18 Å². The number of hydrogen-bond acceptors (Lipinski definition) is 6. The fraction of sp³-hybridized carbons (Fsp3) is 0.300. The van der Waals surface area contributed by atoms with Crippen LogP contribution in [0.1, 0.15) is 37.4 Å². The van der Waals surface area contributed by atoms with Gasteiger partial charge in [0.25, 0.3) is 0 Å². The summed E-state index contributed by atoms with van der Waals surface area (Å²) in [5.41, 5.74) is 2.43. The molecule has 2 fully saturated rings. The number of halogens is 2. The number of nitrogens with zero attached hydrogens (tertiary/aromatic N) is 6. The van der Waals surface area contributed by atoms with Gasteiger partial charge in [0, 0.05) is 24.8 Å². The Morgan fingerprint density at radius 2 is 1.95 bits per heavy atom. The minimum Gasteiger partial charge on any atom is -0.349 e. The van der Waals surface area contributed by atoms with Gasteiger partial charge in [-0.1, -0.05) is 44.2 Å². The molecule has 0 bridgehead atoms. The van der Waals surface area contributed by atoms with Gasteiger partial charge in [-0.15, -0.1) is 0 Å². The summed E-state index contributed by atoms with van der Waals surface area (Å²) in [5, 5.41) is 0.808. The van der Waals surface area contributed by atoms with Crippen LogP contribution in [0.15, 0.2) is 60.0 Å². The number of aromatic nitrogens is 4. The summed E-state index contributed by atoms with van der Waals surface area (Å²) in [6.07, 6.45) is 3.81. The summed E-state index contributed by atoms with van der Waals surface area (Å²) >= 11 is 6.76. The zero-order valence-electron chi connectivity index (χ0n) is 22.4. The monoisotopic (exact) mass is 558 g/mol. The first-order chi connectivity index (χ1) is 19.2. The van der Waals surface area contributed by atoms with E-state index in [0.717, 1.165) is 17.7 Å². The Morgan fingerprint density at radius 1 is 1.18 bits per heavy atom. The third-order valence-corrected chi connectivity index (χ3v) is 7.98. The normalized spacial score (nSPS) is 18.2. The number of amides is 1. The molecule has 1 saturated carbocycles. The predicted molar refractivity (Wildman–Crippen MR) is 154 cm³/mol. The van der Waals surface area contributed by atoms with Gasteiger partial charge in [0.15, 0.2) is 5.65 Å². The average Bonchev–Trinajstić information content (AvgIpc) is 3.74. The van der Waals surface area contributed by atoms with Crippen molar-refractivity contribution in [2.24, 2.45) is 0 Å². The molecule has 2 aliphatic rings. The van der Waals surface area contributed by atoms with Crippen molar-refractivity contribution in [3.63, 3.8) is 0 Å². The zero-order valence-corrected chi connectivity index (χ0v) is 23.2. The van der Waals surface area contributed by atoms with Crippen LogP contribution in [0.2, 0.25) is 5.02 Å². The summed E-state index contributed by atoms with van der Waals surface area (Å²) in [6.45, 7) is 10.5. The minimum absolute atomic E-state index is 0.0116. The third kappa shape index (κ3) is 4.16. The van der Waals surface area contributed by atoms with Gasteiger partial charge in [-0.05, 0) is 55.2 Å². The van der Waals surface area contributed by atoms with E-state index < -0.39 is 11.5 Å². The lowest BCUT2D eigenvalue weighted by molar-refractivity contribution is -0.126. The first-order valence-electron chi connectivity index (χ1n) is 13.2. The molecule has 1 amide bonds. The lowest BCUT2D eigenvalue weighted by Crippen LogP contribution is -2.49. The van der Waals surface area contributed by atoms with Crippen LogP contribution in [-0.4, -0.2) is 55.5 Å². The van der Waals surface area contributed by atoms with Crippen LogP contribution in [0.3, 0.4) is 0 Å². The van der Waals surface area contributed by atoms with Crippen LogP contribution in [0, 0.1) is 12.7 Å². The zero-order chi connectivity index (χ0) is 28.3. The maximum Gasteiger partial charge on any atom is 0.355 e. The molecule has 4 heterocycles. The highest BCUT2D eigenvalue weighted by molar-refractivity contribution is 6.33. The SMILES string of the molecule is C=CC(=O)N1CCN(c2nc(=O)n(-c3c(C)ccnc3C(C)C)c3nc(-c4ccccc4F)c(Cl)cc23)[C@@H]2C[C@@H]21. The summed E-state index contributed by atoms with van der Waals surface area (Å²) in [7, 11) is 0. The van der Waals surface area contributed by atoms with E-state index >= 15 is 0 Å². The molecule has 40 heavy (non-hydrogen) atoms. The molecule has 0 N–H and O–H groups in total. The highest BCUT2D eigenvalue weighted by Crippen LogP contribution is 2.42. The van der Waals surface area contributed by atoms with E-state index in [2.05, 4.69) is 21.4 Å². The summed E-state index contributed by atoms with van der Waals surface area (Å²) in [6, 6.07) is 9.86. The predicted octanol–water partition coefficient (Wildman–Crippen LogP) is 5.04. The van der Waals surface area contributed by atoms with Crippen LogP contribution in [0.4, 0.5) is 10.2 Å². The largest absolute Gasteiger partial charge is 0.355 e. The van der Waals surface area contributed by atoms with E-state index in [1.165, 1.54) is 16.7 Å². The number of aryl methyl sites for hydroxylation is 1. The molecular formula is C30H28ClFN6O2. The number of hydrogen-bond donors (Lipinski definition) is 0. The van der Waals surface area contributed by atoms with Gasteiger partial charge < -0.3 is 9.80 Å². The first-order valence-corrected chi connectivity index (χ1v) is 13.6. The van der Waals surface area contributed by atoms with Crippen molar-refractivity contribution in [3.8, 4) is 16.9 Å². The molecular weight excluding hydrogens is 531 g/mol. The van der Waals surface area contributed by atoms with Crippen molar-refractivity contribution in [2.75, 3.05) is 18.0 Å². The van der Waals surface area contributed by atoms with Crippen molar-refractivity contribution in [1.29, 1.82) is 0 Å². The molecule has 10 heteroatoms. The van der Waals surface area contributed by atoms with E-state index in [1.54, 1.807) is 30.5 Å². The Balaban J connectivity index is 1.62. The molecule has 0 spiro atoms. The second-order valence-electron chi connectivity index (χ2n) is 10.5. The van der Waals surface area contributed by atoms with Crippen molar-refractivity contribution in [1.82, 2.24) is 24.4 Å². The smallest absolute Gasteiger partial charge is 0.349 e. The molecule has 1 aromatic carbocycles. The van der Waals surface area contributed by atoms with Crippen molar-refractivity contribution in [3.05, 3.63) is 87.8 Å². The van der Waals surface area contributed by atoms with E-state index in [1.807, 2.05) is 31.7 Å². The summed E-state index contributed by atoms with van der Waals surface area (Å²) < 4.78 is 16.4. The molecule has 3 aromatic heterocycles. The van der Waals surface area contributed by atoms with Crippen molar-refractivity contribution in [2.45, 2.75) is 45.2 Å². The number of piperazine rings is 1. The lowest BCUT2D eigenvalue weighted by atomic mass is 10.0.